The summed E-state index contributed by atoms with van der Waals surface area (Å²) in [6.45, 7) is 3.59. The van der Waals surface area contributed by atoms with Crippen LogP contribution in [-0.2, 0) is 6.61 Å². The summed E-state index contributed by atoms with van der Waals surface area (Å²) < 4.78 is 11.4. The molecule has 6 heteroatoms. The van der Waals surface area contributed by atoms with Crippen LogP contribution in [0, 0.1) is 0 Å². The number of carbonyl (C=O) groups is 1. The van der Waals surface area contributed by atoms with Gasteiger partial charge in [-0.25, -0.2) is 0 Å². The molecule has 4 nitrogen and oxygen atoms in total. The van der Waals surface area contributed by atoms with Crippen molar-refractivity contribution < 1.29 is 19.1 Å². The molecule has 0 bridgehead atoms. The number of ketones is 1. The second-order valence-electron chi connectivity index (χ2n) is 6.39. The van der Waals surface area contributed by atoms with Crippen molar-refractivity contribution in [3.05, 3.63) is 89.2 Å². The first-order chi connectivity index (χ1) is 14.5. The molecule has 3 rings (SSSR count). The van der Waals surface area contributed by atoms with Gasteiger partial charge in [-0.15, -0.1) is 11.6 Å². The number of methoxy groups -OCH3 is 1. The van der Waals surface area contributed by atoms with Gasteiger partial charge in [0.05, 0.1) is 19.1 Å². The number of fused-ring (bicyclic) bond motifs is 1. The second-order valence-corrected chi connectivity index (χ2v) is 7.10. The topological polar surface area (TPSA) is 59.7 Å². The fraction of sp³-hybridized carbons (Fsp3) is 0.125. The number of Topliss-reactive ketones (excluding diaryl/α,β-unsaturated/α-hetero) is 1. The fourth-order valence-corrected chi connectivity index (χ4v) is 3.59. The maximum absolute atomic E-state index is 13.2. The Labute approximate surface area is 184 Å². The quantitative estimate of drug-likeness (QED) is 0.193. The van der Waals surface area contributed by atoms with Crippen molar-refractivity contribution in [1.29, 1.82) is 0 Å². The van der Waals surface area contributed by atoms with Gasteiger partial charge in [-0.1, -0.05) is 60.7 Å². The largest absolute Gasteiger partial charge is 0.492 e. The molecule has 3 aromatic rings. The summed E-state index contributed by atoms with van der Waals surface area (Å²) in [5.74, 6) is 0.103. The van der Waals surface area contributed by atoms with Crippen LogP contribution in [0.5, 0.6) is 5.75 Å². The highest BCUT2D eigenvalue weighted by Crippen LogP contribution is 2.37. The highest BCUT2D eigenvalue weighted by atomic mass is 35.5. The lowest BCUT2D eigenvalue weighted by molar-refractivity contribution is 0.101. The van der Waals surface area contributed by atoms with Gasteiger partial charge in [0.1, 0.15) is 5.58 Å². The minimum Gasteiger partial charge on any atom is -0.492 e. The molecule has 0 amide bonds. The molecule has 0 saturated carbocycles. The monoisotopic (exact) mass is 442 g/mol. The third kappa shape index (κ3) is 4.36. The van der Waals surface area contributed by atoms with Gasteiger partial charge in [0.2, 0.25) is 11.5 Å². The summed E-state index contributed by atoms with van der Waals surface area (Å²) in [4.78, 5) is 13.2. The Morgan fingerprint density at radius 1 is 1.23 bits per heavy atom. The third-order valence-corrected chi connectivity index (χ3v) is 5.05. The van der Waals surface area contributed by atoms with E-state index in [0.717, 1.165) is 16.7 Å². The average Bonchev–Trinajstić information content (AvgIpc) is 3.15. The molecule has 1 heterocycles. The lowest BCUT2D eigenvalue weighted by Gasteiger charge is -2.05. The van der Waals surface area contributed by atoms with Crippen molar-refractivity contribution >= 4 is 40.0 Å². The predicted molar refractivity (Wildman–Crippen MR) is 121 cm³/mol. The molecule has 30 heavy (non-hydrogen) atoms. The summed E-state index contributed by atoms with van der Waals surface area (Å²) >= 11 is 12.0. The van der Waals surface area contributed by atoms with Crippen molar-refractivity contribution in [2.24, 2.45) is 0 Å². The van der Waals surface area contributed by atoms with E-state index in [0.29, 0.717) is 16.7 Å². The maximum atomic E-state index is 13.2. The Hall–Kier alpha value is -2.79. The summed E-state index contributed by atoms with van der Waals surface area (Å²) in [6.07, 6.45) is 4.50. The highest BCUT2D eigenvalue weighted by molar-refractivity contribution is 6.37. The number of aliphatic hydroxyl groups excluding tert-OH is 1. The van der Waals surface area contributed by atoms with E-state index in [1.165, 1.54) is 25.3 Å². The minimum absolute atomic E-state index is 0.0433. The molecular formula is C24H20Cl2O4. The van der Waals surface area contributed by atoms with Gasteiger partial charge in [-0.05, 0) is 34.9 Å². The molecule has 0 aliphatic heterocycles. The smallest absolute Gasteiger partial charge is 0.233 e. The number of hydrogen-bond donors (Lipinski definition) is 1. The van der Waals surface area contributed by atoms with Crippen LogP contribution < -0.4 is 4.74 Å². The Balaban J connectivity index is 2.12. The van der Waals surface area contributed by atoms with Crippen molar-refractivity contribution in [3.8, 4) is 16.9 Å². The molecule has 2 aromatic carbocycles. The standard InChI is InChI=1S/C24H20Cl2O4/c1-3-5-18(20(26)10-11-25)22(28)24-23(29-2)19-9-8-17(13-21(19)30-24)16-7-4-6-15(12-16)14-27/h3-10,12-13,27H,1,11,14H2,2H3/b18-5-,20-10+. The van der Waals surface area contributed by atoms with E-state index in [-0.39, 0.29) is 28.9 Å². The van der Waals surface area contributed by atoms with E-state index in [1.54, 1.807) is 0 Å². The van der Waals surface area contributed by atoms with E-state index in [2.05, 4.69) is 6.58 Å². The second kappa shape index (κ2) is 9.81. The number of allylic oxidation sites excluding steroid dienone is 5. The zero-order valence-corrected chi connectivity index (χ0v) is 17.8. The highest BCUT2D eigenvalue weighted by Gasteiger charge is 2.25. The average molecular weight is 443 g/mol. The lowest BCUT2D eigenvalue weighted by atomic mass is 10.0. The number of hydrogen-bond acceptors (Lipinski definition) is 4. The predicted octanol–water partition coefficient (Wildman–Crippen LogP) is 6.26. The van der Waals surface area contributed by atoms with Gasteiger partial charge in [0.15, 0.2) is 5.75 Å². The van der Waals surface area contributed by atoms with Gasteiger partial charge in [0.25, 0.3) is 0 Å². The van der Waals surface area contributed by atoms with Crippen molar-refractivity contribution in [1.82, 2.24) is 0 Å². The maximum Gasteiger partial charge on any atom is 0.233 e. The third-order valence-electron chi connectivity index (χ3n) is 4.54. The van der Waals surface area contributed by atoms with Gasteiger partial charge in [-0.3, -0.25) is 4.79 Å². The van der Waals surface area contributed by atoms with Crippen molar-refractivity contribution in [2.45, 2.75) is 6.61 Å². The summed E-state index contributed by atoms with van der Waals surface area (Å²) in [7, 11) is 1.48. The molecule has 0 unspecified atom stereocenters. The summed E-state index contributed by atoms with van der Waals surface area (Å²) in [5.41, 5.74) is 3.32. The molecule has 0 saturated heterocycles. The lowest BCUT2D eigenvalue weighted by Crippen LogP contribution is -2.04. The molecule has 0 aliphatic rings. The van der Waals surface area contributed by atoms with E-state index in [4.69, 9.17) is 32.4 Å². The first kappa shape index (κ1) is 21.9. The fourth-order valence-electron chi connectivity index (χ4n) is 3.14. The van der Waals surface area contributed by atoms with Crippen molar-refractivity contribution in [3.63, 3.8) is 0 Å². The molecule has 0 fully saturated rings. The van der Waals surface area contributed by atoms with Crippen LogP contribution in [0.2, 0.25) is 0 Å². The molecule has 0 aliphatic carbocycles. The SMILES string of the molecule is C=C/C=C(C(=O)c1oc2cc(-c3cccc(CO)c3)ccc2c1OC)/C(Cl)=C\CCl. The van der Waals surface area contributed by atoms with E-state index >= 15 is 0 Å². The minimum atomic E-state index is -0.432. The molecule has 1 aromatic heterocycles. The van der Waals surface area contributed by atoms with Gasteiger partial charge in [0, 0.05) is 16.5 Å². The Bertz CT molecular complexity index is 1160. The van der Waals surface area contributed by atoms with Gasteiger partial charge in [-0.2, -0.15) is 0 Å². The number of halogens is 2. The molecule has 154 valence electrons. The van der Waals surface area contributed by atoms with E-state index in [9.17, 15) is 9.90 Å². The number of ether oxygens (including phenoxy) is 1. The number of rotatable bonds is 8. The Morgan fingerprint density at radius 2 is 2.00 bits per heavy atom. The Morgan fingerprint density at radius 3 is 2.67 bits per heavy atom. The number of aliphatic hydroxyl groups is 1. The number of furan rings is 1. The number of benzene rings is 2. The van der Waals surface area contributed by atoms with Gasteiger partial charge >= 0.3 is 0 Å². The van der Waals surface area contributed by atoms with Crippen LogP contribution in [-0.4, -0.2) is 23.9 Å². The van der Waals surface area contributed by atoms with Crippen LogP contribution >= 0.6 is 23.2 Å². The molecule has 1 N–H and O–H groups in total. The van der Waals surface area contributed by atoms with E-state index < -0.39 is 5.78 Å². The number of carbonyl (C=O) groups excluding carboxylic acids is 1. The number of alkyl halides is 1. The molecule has 0 atom stereocenters. The Kier molecular flexibility index (Phi) is 7.16. The molecular weight excluding hydrogens is 423 g/mol. The summed E-state index contributed by atoms with van der Waals surface area (Å²) in [5, 5.41) is 10.3. The first-order valence-electron chi connectivity index (χ1n) is 9.14. The zero-order chi connectivity index (χ0) is 21.7. The van der Waals surface area contributed by atoms with Crippen LogP contribution in [0.1, 0.15) is 16.1 Å². The molecule has 0 radical (unpaired) electrons. The van der Waals surface area contributed by atoms with Crippen LogP contribution in [0.25, 0.3) is 22.1 Å². The summed E-state index contributed by atoms with van der Waals surface area (Å²) in [6, 6.07) is 13.1. The van der Waals surface area contributed by atoms with Crippen molar-refractivity contribution in [2.75, 3.05) is 13.0 Å². The van der Waals surface area contributed by atoms with E-state index in [1.807, 2.05) is 42.5 Å². The van der Waals surface area contributed by atoms with Crippen LogP contribution in [0.3, 0.4) is 0 Å². The van der Waals surface area contributed by atoms with Crippen LogP contribution in [0.15, 0.2) is 82.3 Å². The molecule has 0 spiro atoms. The zero-order valence-electron chi connectivity index (χ0n) is 16.3. The normalized spacial score (nSPS) is 12.3. The van der Waals surface area contributed by atoms with Gasteiger partial charge < -0.3 is 14.3 Å². The first-order valence-corrected chi connectivity index (χ1v) is 10.0. The van der Waals surface area contributed by atoms with Crippen LogP contribution in [0.4, 0.5) is 0 Å².